The standard InChI is InChI=1S/C17H15N7O3S2/c1-8-13(14(25)21-10-4-5-12(26-3)18-6-10)16(29-24-8)22-17-19-7-11(28-17)15-20-9(2)23-27-15/h4-7H,1-3H3,(H,19,22)(H,21,25). The number of amides is 1. The monoisotopic (exact) mass is 429 g/mol. The van der Waals surface area contributed by atoms with E-state index in [2.05, 4.69) is 35.1 Å². The molecule has 4 aromatic heterocycles. The van der Waals surface area contributed by atoms with Crippen molar-refractivity contribution in [2.75, 3.05) is 17.7 Å². The molecule has 10 nitrogen and oxygen atoms in total. The molecule has 1 amide bonds. The van der Waals surface area contributed by atoms with E-state index in [1.165, 1.54) is 36.2 Å². The SMILES string of the molecule is COc1ccc(NC(=O)c2c(C)nsc2Nc2ncc(-c3nc(C)no3)s2)cn1. The zero-order chi connectivity index (χ0) is 20.4. The number of aromatic nitrogens is 5. The third-order valence-corrected chi connectivity index (χ3v) is 5.51. The van der Waals surface area contributed by atoms with E-state index < -0.39 is 0 Å². The summed E-state index contributed by atoms with van der Waals surface area (Å²) >= 11 is 2.52. The lowest BCUT2D eigenvalue weighted by atomic mass is 10.2. The van der Waals surface area contributed by atoms with Crippen LogP contribution in [-0.4, -0.2) is 37.5 Å². The Balaban J connectivity index is 1.52. The lowest BCUT2D eigenvalue weighted by molar-refractivity contribution is 0.102. The molecule has 0 saturated heterocycles. The normalized spacial score (nSPS) is 10.7. The summed E-state index contributed by atoms with van der Waals surface area (Å²) in [6.45, 7) is 3.52. The first-order valence-corrected chi connectivity index (χ1v) is 9.93. The van der Waals surface area contributed by atoms with Gasteiger partial charge >= 0.3 is 0 Å². The average molecular weight is 429 g/mol. The van der Waals surface area contributed by atoms with Gasteiger partial charge in [0.25, 0.3) is 11.8 Å². The van der Waals surface area contributed by atoms with Crippen molar-refractivity contribution in [2.24, 2.45) is 0 Å². The first-order chi connectivity index (χ1) is 14.0. The largest absolute Gasteiger partial charge is 0.481 e. The Kier molecular flexibility index (Phi) is 5.18. The predicted molar refractivity (Wildman–Crippen MR) is 109 cm³/mol. The molecule has 29 heavy (non-hydrogen) atoms. The van der Waals surface area contributed by atoms with Gasteiger partial charge in [-0.25, -0.2) is 9.97 Å². The quantitative estimate of drug-likeness (QED) is 0.472. The van der Waals surface area contributed by atoms with Crippen LogP contribution in [-0.2, 0) is 0 Å². The summed E-state index contributed by atoms with van der Waals surface area (Å²) in [6, 6.07) is 3.38. The van der Waals surface area contributed by atoms with Crippen LogP contribution >= 0.6 is 22.9 Å². The summed E-state index contributed by atoms with van der Waals surface area (Å²) < 4.78 is 14.5. The van der Waals surface area contributed by atoms with Gasteiger partial charge < -0.3 is 19.9 Å². The molecule has 0 fully saturated rings. The minimum absolute atomic E-state index is 0.296. The lowest BCUT2D eigenvalue weighted by Gasteiger charge is -2.07. The highest BCUT2D eigenvalue weighted by Crippen LogP contribution is 2.33. The minimum atomic E-state index is -0.296. The zero-order valence-electron chi connectivity index (χ0n) is 15.6. The molecule has 0 spiro atoms. The first-order valence-electron chi connectivity index (χ1n) is 8.34. The summed E-state index contributed by atoms with van der Waals surface area (Å²) in [7, 11) is 1.53. The number of aryl methyl sites for hydroxylation is 2. The maximum Gasteiger partial charge on any atom is 0.269 e. The molecule has 0 aliphatic heterocycles. The van der Waals surface area contributed by atoms with Crippen molar-refractivity contribution in [1.82, 2.24) is 24.5 Å². The molecule has 2 N–H and O–H groups in total. The molecular formula is C17H15N7O3S2. The highest BCUT2D eigenvalue weighted by Gasteiger charge is 2.20. The Labute approximate surface area is 173 Å². The van der Waals surface area contributed by atoms with E-state index in [0.717, 1.165) is 4.88 Å². The second kappa shape index (κ2) is 7.93. The third-order valence-electron chi connectivity index (χ3n) is 3.76. The molecule has 0 bridgehead atoms. The molecular weight excluding hydrogens is 414 g/mol. The molecule has 0 aromatic carbocycles. The molecule has 12 heteroatoms. The number of nitrogens with one attached hydrogen (secondary N) is 2. The zero-order valence-corrected chi connectivity index (χ0v) is 17.2. The van der Waals surface area contributed by atoms with E-state index >= 15 is 0 Å². The average Bonchev–Trinajstić information content (AvgIpc) is 3.43. The van der Waals surface area contributed by atoms with Crippen molar-refractivity contribution in [2.45, 2.75) is 13.8 Å². The Morgan fingerprint density at radius 2 is 2.07 bits per heavy atom. The summed E-state index contributed by atoms with van der Waals surface area (Å²) in [6.07, 6.45) is 3.16. The maximum atomic E-state index is 12.8. The number of methoxy groups -OCH3 is 1. The summed E-state index contributed by atoms with van der Waals surface area (Å²) in [5.41, 5.74) is 1.60. The van der Waals surface area contributed by atoms with Gasteiger partial charge in [0.15, 0.2) is 11.0 Å². The van der Waals surface area contributed by atoms with E-state index in [-0.39, 0.29) is 5.91 Å². The van der Waals surface area contributed by atoms with Crippen molar-refractivity contribution in [3.05, 3.63) is 41.6 Å². The summed E-state index contributed by atoms with van der Waals surface area (Å²) in [5, 5.41) is 10.9. The fourth-order valence-electron chi connectivity index (χ4n) is 2.42. The van der Waals surface area contributed by atoms with Gasteiger partial charge in [-0.05, 0) is 31.4 Å². The Morgan fingerprint density at radius 3 is 2.76 bits per heavy atom. The van der Waals surface area contributed by atoms with Crippen LogP contribution in [0.5, 0.6) is 5.88 Å². The van der Waals surface area contributed by atoms with Crippen molar-refractivity contribution in [3.8, 4) is 16.6 Å². The Morgan fingerprint density at radius 1 is 1.21 bits per heavy atom. The number of ether oxygens (including phenoxy) is 1. The smallest absolute Gasteiger partial charge is 0.269 e. The van der Waals surface area contributed by atoms with Crippen LogP contribution in [0.25, 0.3) is 10.8 Å². The topological polar surface area (TPSA) is 128 Å². The molecule has 0 aliphatic rings. The number of thiazole rings is 1. The van der Waals surface area contributed by atoms with E-state index in [9.17, 15) is 4.79 Å². The molecule has 4 aromatic rings. The number of anilines is 3. The Bertz CT molecular complexity index is 1150. The van der Waals surface area contributed by atoms with Gasteiger partial charge in [0, 0.05) is 6.07 Å². The van der Waals surface area contributed by atoms with Gasteiger partial charge in [0.2, 0.25) is 5.88 Å². The van der Waals surface area contributed by atoms with Gasteiger partial charge in [-0.2, -0.15) is 9.36 Å². The fourth-order valence-corrected chi connectivity index (χ4v) is 4.02. The van der Waals surface area contributed by atoms with Crippen molar-refractivity contribution < 1.29 is 14.1 Å². The van der Waals surface area contributed by atoms with Crippen LogP contribution in [0.4, 0.5) is 15.8 Å². The number of hydrogen-bond donors (Lipinski definition) is 2. The van der Waals surface area contributed by atoms with Gasteiger partial charge in [-0.15, -0.1) is 0 Å². The number of carbonyl (C=O) groups is 1. The number of carbonyl (C=O) groups excluding carboxylic acids is 1. The van der Waals surface area contributed by atoms with Crippen LogP contribution in [0.1, 0.15) is 21.9 Å². The highest BCUT2D eigenvalue weighted by molar-refractivity contribution is 7.19. The van der Waals surface area contributed by atoms with E-state index in [1.807, 2.05) is 0 Å². The summed E-state index contributed by atoms with van der Waals surface area (Å²) in [4.78, 5) is 26.1. The number of rotatable bonds is 6. The molecule has 4 heterocycles. The summed E-state index contributed by atoms with van der Waals surface area (Å²) in [5.74, 6) is 1.12. The molecule has 4 rings (SSSR count). The molecule has 0 atom stereocenters. The molecule has 0 aliphatic carbocycles. The highest BCUT2D eigenvalue weighted by atomic mass is 32.1. The predicted octanol–water partition coefficient (Wildman–Crippen LogP) is 3.67. The van der Waals surface area contributed by atoms with Gasteiger partial charge in [0.1, 0.15) is 9.88 Å². The van der Waals surface area contributed by atoms with Crippen LogP contribution in [0, 0.1) is 13.8 Å². The van der Waals surface area contributed by atoms with E-state index in [0.29, 0.717) is 44.7 Å². The van der Waals surface area contributed by atoms with Gasteiger partial charge in [0.05, 0.1) is 36.4 Å². The van der Waals surface area contributed by atoms with Crippen LogP contribution in [0.3, 0.4) is 0 Å². The van der Waals surface area contributed by atoms with Gasteiger partial charge in [-0.3, -0.25) is 4.79 Å². The van der Waals surface area contributed by atoms with Crippen molar-refractivity contribution in [3.63, 3.8) is 0 Å². The first kappa shape index (κ1) is 19.0. The lowest BCUT2D eigenvalue weighted by Crippen LogP contribution is -2.14. The van der Waals surface area contributed by atoms with E-state index in [4.69, 9.17) is 9.26 Å². The molecule has 0 unspecified atom stereocenters. The minimum Gasteiger partial charge on any atom is -0.481 e. The maximum absolute atomic E-state index is 12.8. The molecule has 148 valence electrons. The molecule has 0 saturated carbocycles. The van der Waals surface area contributed by atoms with Crippen LogP contribution in [0.15, 0.2) is 29.0 Å². The Hall–Kier alpha value is -3.38. The number of pyridine rings is 1. The van der Waals surface area contributed by atoms with E-state index in [1.54, 1.807) is 32.2 Å². The van der Waals surface area contributed by atoms with Crippen LogP contribution in [0.2, 0.25) is 0 Å². The van der Waals surface area contributed by atoms with Crippen molar-refractivity contribution in [1.29, 1.82) is 0 Å². The molecule has 0 radical (unpaired) electrons. The number of nitrogens with zero attached hydrogens (tertiary/aromatic N) is 5. The second-order valence-electron chi connectivity index (χ2n) is 5.82. The number of hydrogen-bond acceptors (Lipinski definition) is 11. The van der Waals surface area contributed by atoms with Crippen LogP contribution < -0.4 is 15.4 Å². The third kappa shape index (κ3) is 4.07. The van der Waals surface area contributed by atoms with Crippen molar-refractivity contribution >= 4 is 44.6 Å². The fraction of sp³-hybridized carbons (Fsp3) is 0.176. The second-order valence-corrected chi connectivity index (χ2v) is 7.62. The van der Waals surface area contributed by atoms with Gasteiger partial charge in [-0.1, -0.05) is 16.5 Å².